The standard InChI is InChI=1S/C10H18O4/c1-7(10(12)13)6-9(11)8-2-4-14-5-3-8/h7-9,11H,2-6H2,1H3,(H,12,13). The maximum atomic E-state index is 10.6. The molecule has 0 bridgehead atoms. The van der Waals surface area contributed by atoms with Gasteiger partial charge in [-0.2, -0.15) is 0 Å². The minimum Gasteiger partial charge on any atom is -0.481 e. The minimum atomic E-state index is -0.837. The third kappa shape index (κ3) is 3.27. The molecule has 4 heteroatoms. The zero-order chi connectivity index (χ0) is 10.6. The van der Waals surface area contributed by atoms with Crippen LogP contribution in [0.25, 0.3) is 0 Å². The summed E-state index contributed by atoms with van der Waals surface area (Å²) in [5.74, 6) is -1.09. The van der Waals surface area contributed by atoms with Crippen molar-refractivity contribution in [1.82, 2.24) is 0 Å². The van der Waals surface area contributed by atoms with Gasteiger partial charge < -0.3 is 14.9 Å². The number of aliphatic hydroxyl groups excluding tert-OH is 1. The Labute approximate surface area is 83.9 Å². The maximum Gasteiger partial charge on any atom is 0.306 e. The van der Waals surface area contributed by atoms with Crippen molar-refractivity contribution in [2.75, 3.05) is 13.2 Å². The van der Waals surface area contributed by atoms with E-state index in [1.807, 2.05) is 0 Å². The predicted molar refractivity (Wildman–Crippen MR) is 51.0 cm³/mol. The van der Waals surface area contributed by atoms with Crippen LogP contribution in [0, 0.1) is 11.8 Å². The van der Waals surface area contributed by atoms with E-state index in [0.717, 1.165) is 12.8 Å². The molecule has 2 atom stereocenters. The maximum absolute atomic E-state index is 10.6. The monoisotopic (exact) mass is 202 g/mol. The van der Waals surface area contributed by atoms with Gasteiger partial charge in [0.2, 0.25) is 0 Å². The molecule has 0 amide bonds. The average Bonchev–Trinajstić information content (AvgIpc) is 2.19. The van der Waals surface area contributed by atoms with Crippen LogP contribution in [0.2, 0.25) is 0 Å². The van der Waals surface area contributed by atoms with E-state index in [0.29, 0.717) is 19.6 Å². The molecule has 0 saturated carbocycles. The topological polar surface area (TPSA) is 66.8 Å². The highest BCUT2D eigenvalue weighted by Gasteiger charge is 2.25. The summed E-state index contributed by atoms with van der Waals surface area (Å²) in [5, 5.41) is 18.5. The number of carboxylic acids is 1. The van der Waals surface area contributed by atoms with Crippen LogP contribution in [0.5, 0.6) is 0 Å². The fourth-order valence-corrected chi connectivity index (χ4v) is 1.76. The molecule has 1 fully saturated rings. The molecule has 0 aromatic rings. The van der Waals surface area contributed by atoms with Crippen LogP contribution in [0.1, 0.15) is 26.2 Å². The van der Waals surface area contributed by atoms with E-state index in [-0.39, 0.29) is 5.92 Å². The molecule has 2 N–H and O–H groups in total. The fourth-order valence-electron chi connectivity index (χ4n) is 1.76. The number of ether oxygens (including phenoxy) is 1. The molecule has 4 nitrogen and oxygen atoms in total. The normalized spacial score (nSPS) is 23.0. The molecule has 1 heterocycles. The van der Waals surface area contributed by atoms with Crippen LogP contribution < -0.4 is 0 Å². The van der Waals surface area contributed by atoms with Crippen LogP contribution in [0.15, 0.2) is 0 Å². The van der Waals surface area contributed by atoms with Crippen molar-refractivity contribution in [3.8, 4) is 0 Å². The minimum absolute atomic E-state index is 0.213. The Morgan fingerprint density at radius 2 is 2.07 bits per heavy atom. The number of hydrogen-bond donors (Lipinski definition) is 2. The molecule has 0 aliphatic carbocycles. The molecule has 2 unspecified atom stereocenters. The largest absolute Gasteiger partial charge is 0.481 e. The van der Waals surface area contributed by atoms with E-state index in [4.69, 9.17) is 9.84 Å². The van der Waals surface area contributed by atoms with Gasteiger partial charge in [0, 0.05) is 13.2 Å². The molecule has 1 rings (SSSR count). The van der Waals surface area contributed by atoms with Crippen molar-refractivity contribution < 1.29 is 19.7 Å². The number of carboxylic acid groups (broad SMARTS) is 1. The average molecular weight is 202 g/mol. The molecule has 1 aliphatic rings. The summed E-state index contributed by atoms with van der Waals surface area (Å²) in [6.07, 6.45) is 1.53. The molecule has 14 heavy (non-hydrogen) atoms. The summed E-state index contributed by atoms with van der Waals surface area (Å²) in [6, 6.07) is 0. The van der Waals surface area contributed by atoms with Crippen molar-refractivity contribution in [1.29, 1.82) is 0 Å². The molecule has 1 aliphatic heterocycles. The lowest BCUT2D eigenvalue weighted by Crippen LogP contribution is -2.30. The van der Waals surface area contributed by atoms with Gasteiger partial charge in [0.25, 0.3) is 0 Å². The molecular formula is C10H18O4. The highest BCUT2D eigenvalue weighted by atomic mass is 16.5. The van der Waals surface area contributed by atoms with Gasteiger partial charge in [0.05, 0.1) is 12.0 Å². The molecule has 0 aromatic heterocycles. The first-order chi connectivity index (χ1) is 6.61. The lowest BCUT2D eigenvalue weighted by atomic mass is 9.88. The SMILES string of the molecule is CC(CC(O)C1CCOCC1)C(=O)O. The second kappa shape index (κ2) is 5.32. The van der Waals surface area contributed by atoms with Gasteiger partial charge in [-0.25, -0.2) is 0 Å². The first kappa shape index (κ1) is 11.5. The van der Waals surface area contributed by atoms with E-state index in [9.17, 15) is 9.90 Å². The fraction of sp³-hybridized carbons (Fsp3) is 0.900. The van der Waals surface area contributed by atoms with Gasteiger partial charge in [-0.05, 0) is 25.2 Å². The highest BCUT2D eigenvalue weighted by Crippen LogP contribution is 2.23. The number of aliphatic carboxylic acids is 1. The summed E-state index contributed by atoms with van der Waals surface area (Å²) in [6.45, 7) is 3.00. The van der Waals surface area contributed by atoms with E-state index < -0.39 is 18.0 Å². The van der Waals surface area contributed by atoms with Crippen LogP contribution in [0.3, 0.4) is 0 Å². The van der Waals surface area contributed by atoms with Crippen LogP contribution in [-0.4, -0.2) is 35.5 Å². The number of hydrogen-bond acceptors (Lipinski definition) is 3. The van der Waals surface area contributed by atoms with Crippen molar-refractivity contribution in [2.45, 2.75) is 32.3 Å². The molecular weight excluding hydrogens is 184 g/mol. The third-order valence-electron chi connectivity index (χ3n) is 2.83. The Morgan fingerprint density at radius 1 is 1.50 bits per heavy atom. The lowest BCUT2D eigenvalue weighted by molar-refractivity contribution is -0.142. The van der Waals surface area contributed by atoms with Gasteiger partial charge in [0.15, 0.2) is 0 Å². The Morgan fingerprint density at radius 3 is 2.57 bits per heavy atom. The van der Waals surface area contributed by atoms with Crippen molar-refractivity contribution in [3.05, 3.63) is 0 Å². The Hall–Kier alpha value is -0.610. The Kier molecular flexibility index (Phi) is 4.35. The second-order valence-corrected chi connectivity index (χ2v) is 3.99. The zero-order valence-corrected chi connectivity index (χ0v) is 8.48. The van der Waals surface area contributed by atoms with Crippen molar-refractivity contribution >= 4 is 5.97 Å². The summed E-state index contributed by atoms with van der Waals surface area (Å²) in [7, 11) is 0. The summed E-state index contributed by atoms with van der Waals surface area (Å²) in [5.41, 5.74) is 0. The van der Waals surface area contributed by atoms with E-state index in [1.54, 1.807) is 6.92 Å². The highest BCUT2D eigenvalue weighted by molar-refractivity contribution is 5.69. The quantitative estimate of drug-likeness (QED) is 0.710. The van der Waals surface area contributed by atoms with Gasteiger partial charge in [0.1, 0.15) is 0 Å². The second-order valence-electron chi connectivity index (χ2n) is 3.99. The first-order valence-corrected chi connectivity index (χ1v) is 5.10. The molecule has 0 aromatic carbocycles. The molecule has 1 saturated heterocycles. The van der Waals surface area contributed by atoms with Crippen LogP contribution >= 0.6 is 0 Å². The van der Waals surface area contributed by atoms with Crippen molar-refractivity contribution in [2.24, 2.45) is 11.8 Å². The van der Waals surface area contributed by atoms with Crippen molar-refractivity contribution in [3.63, 3.8) is 0 Å². The van der Waals surface area contributed by atoms with Crippen LogP contribution in [-0.2, 0) is 9.53 Å². The number of rotatable bonds is 4. The molecule has 0 radical (unpaired) electrons. The number of carbonyl (C=O) groups is 1. The smallest absolute Gasteiger partial charge is 0.306 e. The zero-order valence-electron chi connectivity index (χ0n) is 8.48. The molecule has 0 spiro atoms. The first-order valence-electron chi connectivity index (χ1n) is 5.10. The van der Waals surface area contributed by atoms with E-state index >= 15 is 0 Å². The summed E-state index contributed by atoms with van der Waals surface area (Å²) in [4.78, 5) is 10.6. The Bertz CT molecular complexity index is 187. The summed E-state index contributed by atoms with van der Waals surface area (Å²) < 4.78 is 5.17. The van der Waals surface area contributed by atoms with Gasteiger partial charge in [-0.1, -0.05) is 6.92 Å². The lowest BCUT2D eigenvalue weighted by Gasteiger charge is -2.27. The predicted octanol–water partition coefficient (Wildman–Crippen LogP) is 0.885. The van der Waals surface area contributed by atoms with Gasteiger partial charge >= 0.3 is 5.97 Å². The Balaban J connectivity index is 2.32. The van der Waals surface area contributed by atoms with E-state index in [1.165, 1.54) is 0 Å². The molecule has 82 valence electrons. The van der Waals surface area contributed by atoms with Gasteiger partial charge in [-0.3, -0.25) is 4.79 Å². The number of aliphatic hydroxyl groups is 1. The van der Waals surface area contributed by atoms with Crippen LogP contribution in [0.4, 0.5) is 0 Å². The van der Waals surface area contributed by atoms with Gasteiger partial charge in [-0.15, -0.1) is 0 Å². The third-order valence-corrected chi connectivity index (χ3v) is 2.83. The van der Waals surface area contributed by atoms with E-state index in [2.05, 4.69) is 0 Å². The summed E-state index contributed by atoms with van der Waals surface area (Å²) >= 11 is 0.